The lowest BCUT2D eigenvalue weighted by molar-refractivity contribution is -0.117. The molecule has 0 saturated heterocycles. The topological polar surface area (TPSA) is 85.1 Å². The molecule has 1 rings (SSSR count). The van der Waals surface area contributed by atoms with E-state index in [2.05, 4.69) is 10.3 Å². The van der Waals surface area contributed by atoms with Crippen molar-refractivity contribution in [1.29, 1.82) is 0 Å². The van der Waals surface area contributed by atoms with E-state index in [4.69, 9.17) is 5.73 Å². The molecule has 5 nitrogen and oxygen atoms in total. The average molecular weight is 273 g/mol. The molecule has 1 heterocycles. The minimum atomic E-state index is -0.535. The summed E-state index contributed by atoms with van der Waals surface area (Å²) in [4.78, 5) is 26.6. The second-order valence-electron chi connectivity index (χ2n) is 3.47. The Labute approximate surface area is 108 Å². The number of thiazole rings is 1. The van der Waals surface area contributed by atoms with E-state index >= 15 is 0 Å². The Morgan fingerprint density at radius 1 is 1.65 bits per heavy atom. The molecule has 0 bridgehead atoms. The molecule has 0 unspecified atom stereocenters. The van der Waals surface area contributed by atoms with Crippen molar-refractivity contribution in [1.82, 2.24) is 4.98 Å². The first-order chi connectivity index (χ1) is 8.04. The van der Waals surface area contributed by atoms with E-state index in [9.17, 15) is 9.59 Å². The Bertz CT molecular complexity index is 406. The van der Waals surface area contributed by atoms with Crippen LogP contribution < -0.4 is 11.1 Å². The third-order valence-corrected chi connectivity index (χ3v) is 3.47. The Morgan fingerprint density at radius 3 is 2.88 bits per heavy atom. The quantitative estimate of drug-likeness (QED) is 0.765. The number of ketones is 1. The minimum Gasteiger partial charge on any atom is -0.320 e. The molecule has 0 aromatic carbocycles. The number of aromatic nitrogens is 1. The molecule has 0 aliphatic heterocycles. The van der Waals surface area contributed by atoms with Crippen LogP contribution in [0.4, 0.5) is 5.13 Å². The molecular weight excluding hydrogens is 258 g/mol. The minimum absolute atomic E-state index is 0.117. The molecule has 3 N–H and O–H groups in total. The van der Waals surface area contributed by atoms with Gasteiger partial charge in [0.15, 0.2) is 10.9 Å². The van der Waals surface area contributed by atoms with Crippen LogP contribution in [0.25, 0.3) is 0 Å². The predicted octanol–water partition coefficient (Wildman–Crippen LogP) is 1.36. The summed E-state index contributed by atoms with van der Waals surface area (Å²) >= 11 is 2.87. The summed E-state index contributed by atoms with van der Waals surface area (Å²) < 4.78 is 0. The number of amides is 1. The molecule has 0 fully saturated rings. The van der Waals surface area contributed by atoms with Crippen molar-refractivity contribution in [2.45, 2.75) is 19.4 Å². The van der Waals surface area contributed by atoms with Gasteiger partial charge in [-0.3, -0.25) is 9.59 Å². The lowest BCUT2D eigenvalue weighted by atomic mass is 10.2. The average Bonchev–Trinajstić information content (AvgIpc) is 2.74. The first kappa shape index (κ1) is 14.1. The Kier molecular flexibility index (Phi) is 5.60. The highest BCUT2D eigenvalue weighted by Gasteiger charge is 2.15. The first-order valence-electron chi connectivity index (χ1n) is 5.06. The van der Waals surface area contributed by atoms with Crippen LogP contribution in [0.15, 0.2) is 5.38 Å². The van der Waals surface area contributed by atoms with Gasteiger partial charge in [0.05, 0.1) is 6.04 Å². The maximum atomic E-state index is 11.6. The van der Waals surface area contributed by atoms with E-state index in [0.717, 1.165) is 5.75 Å². The van der Waals surface area contributed by atoms with Crippen molar-refractivity contribution < 1.29 is 9.59 Å². The second-order valence-corrected chi connectivity index (χ2v) is 5.32. The van der Waals surface area contributed by atoms with E-state index in [1.807, 2.05) is 6.26 Å². The SMILES string of the molecule is CSCC[C@@H](N)C(=O)Nc1nc(C(C)=O)cs1. The van der Waals surface area contributed by atoms with E-state index in [1.165, 1.54) is 18.3 Å². The highest BCUT2D eigenvalue weighted by molar-refractivity contribution is 7.98. The smallest absolute Gasteiger partial charge is 0.243 e. The molecule has 0 aliphatic rings. The van der Waals surface area contributed by atoms with Crippen LogP contribution in [0, 0.1) is 0 Å². The van der Waals surface area contributed by atoms with Crippen LogP contribution in [0.1, 0.15) is 23.8 Å². The van der Waals surface area contributed by atoms with Gasteiger partial charge in [-0.1, -0.05) is 0 Å². The van der Waals surface area contributed by atoms with Gasteiger partial charge < -0.3 is 11.1 Å². The van der Waals surface area contributed by atoms with Crippen molar-refractivity contribution in [3.05, 3.63) is 11.1 Å². The normalized spacial score (nSPS) is 12.2. The number of nitrogens with one attached hydrogen (secondary N) is 1. The zero-order valence-corrected chi connectivity index (χ0v) is 11.4. The van der Waals surface area contributed by atoms with Gasteiger partial charge in [-0.15, -0.1) is 11.3 Å². The summed E-state index contributed by atoms with van der Waals surface area (Å²) in [6.07, 6.45) is 2.59. The van der Waals surface area contributed by atoms with Gasteiger partial charge in [0.1, 0.15) is 5.69 Å². The van der Waals surface area contributed by atoms with Gasteiger partial charge in [-0.25, -0.2) is 4.98 Å². The Balaban J connectivity index is 2.52. The number of nitrogens with zero attached hydrogens (tertiary/aromatic N) is 1. The fraction of sp³-hybridized carbons (Fsp3) is 0.500. The highest BCUT2D eigenvalue weighted by Crippen LogP contribution is 2.16. The number of hydrogen-bond acceptors (Lipinski definition) is 6. The van der Waals surface area contributed by atoms with Crippen molar-refractivity contribution >= 4 is 39.9 Å². The van der Waals surface area contributed by atoms with E-state index in [1.54, 1.807) is 17.1 Å². The zero-order chi connectivity index (χ0) is 12.8. The Hall–Kier alpha value is -0.920. The lowest BCUT2D eigenvalue weighted by Crippen LogP contribution is -2.36. The molecule has 1 atom stereocenters. The monoisotopic (exact) mass is 273 g/mol. The zero-order valence-electron chi connectivity index (χ0n) is 9.73. The molecule has 1 aromatic heterocycles. The van der Waals surface area contributed by atoms with Crippen molar-refractivity contribution in [3.63, 3.8) is 0 Å². The third-order valence-electron chi connectivity index (χ3n) is 2.06. The summed E-state index contributed by atoms with van der Waals surface area (Å²) in [6.45, 7) is 1.44. The molecule has 1 aromatic rings. The summed E-state index contributed by atoms with van der Waals surface area (Å²) in [5.74, 6) is 0.461. The summed E-state index contributed by atoms with van der Waals surface area (Å²) in [5, 5.41) is 4.64. The standard InChI is InChI=1S/C10H15N3O2S2/c1-6(14)8-5-17-10(12-8)13-9(15)7(11)3-4-16-2/h5,7H,3-4,11H2,1-2H3,(H,12,13,15)/t7-/m1/s1. The van der Waals surface area contributed by atoms with Crippen LogP contribution in [-0.4, -0.2) is 34.7 Å². The number of thioether (sulfide) groups is 1. The number of rotatable bonds is 6. The number of carbonyl (C=O) groups is 2. The van der Waals surface area contributed by atoms with Crippen LogP contribution in [-0.2, 0) is 4.79 Å². The fourth-order valence-corrected chi connectivity index (χ4v) is 2.31. The van der Waals surface area contributed by atoms with Gasteiger partial charge in [-0.2, -0.15) is 11.8 Å². The summed E-state index contributed by atoms with van der Waals surface area (Å²) in [6, 6.07) is -0.535. The lowest BCUT2D eigenvalue weighted by Gasteiger charge is -2.09. The van der Waals surface area contributed by atoms with Gasteiger partial charge in [0.2, 0.25) is 5.91 Å². The number of carbonyl (C=O) groups excluding carboxylic acids is 2. The maximum Gasteiger partial charge on any atom is 0.243 e. The molecule has 0 aliphatic carbocycles. The molecule has 7 heteroatoms. The molecular formula is C10H15N3O2S2. The van der Waals surface area contributed by atoms with Crippen molar-refractivity contribution in [2.75, 3.05) is 17.3 Å². The number of hydrogen-bond donors (Lipinski definition) is 2. The van der Waals surface area contributed by atoms with E-state index in [0.29, 0.717) is 17.2 Å². The van der Waals surface area contributed by atoms with Gasteiger partial charge >= 0.3 is 0 Å². The summed E-state index contributed by atoms with van der Waals surface area (Å²) in [7, 11) is 0. The van der Waals surface area contributed by atoms with Crippen LogP contribution in [0.5, 0.6) is 0 Å². The first-order valence-corrected chi connectivity index (χ1v) is 7.33. The van der Waals surface area contributed by atoms with E-state index < -0.39 is 6.04 Å². The molecule has 0 spiro atoms. The van der Waals surface area contributed by atoms with Crippen LogP contribution in [0.3, 0.4) is 0 Å². The van der Waals surface area contributed by atoms with E-state index in [-0.39, 0.29) is 11.7 Å². The van der Waals surface area contributed by atoms with Crippen molar-refractivity contribution in [2.24, 2.45) is 5.73 Å². The van der Waals surface area contributed by atoms with Crippen LogP contribution in [0.2, 0.25) is 0 Å². The number of anilines is 1. The molecule has 1 amide bonds. The summed E-state index contributed by atoms with van der Waals surface area (Å²) in [5.41, 5.74) is 6.07. The molecule has 94 valence electrons. The fourth-order valence-electron chi connectivity index (χ4n) is 1.07. The largest absolute Gasteiger partial charge is 0.320 e. The molecule has 17 heavy (non-hydrogen) atoms. The number of nitrogens with two attached hydrogens (primary N) is 1. The molecule has 0 radical (unpaired) electrons. The molecule has 0 saturated carbocycles. The van der Waals surface area contributed by atoms with Gasteiger partial charge in [0.25, 0.3) is 0 Å². The van der Waals surface area contributed by atoms with Gasteiger partial charge in [-0.05, 0) is 18.4 Å². The third kappa shape index (κ3) is 4.45. The van der Waals surface area contributed by atoms with Crippen LogP contribution >= 0.6 is 23.1 Å². The number of Topliss-reactive ketones (excluding diaryl/α,β-unsaturated/α-hetero) is 1. The predicted molar refractivity (Wildman–Crippen MR) is 71.7 cm³/mol. The van der Waals surface area contributed by atoms with Gasteiger partial charge in [0, 0.05) is 12.3 Å². The highest BCUT2D eigenvalue weighted by atomic mass is 32.2. The maximum absolute atomic E-state index is 11.6. The Morgan fingerprint density at radius 2 is 2.35 bits per heavy atom. The van der Waals surface area contributed by atoms with Crippen molar-refractivity contribution in [3.8, 4) is 0 Å². The second kappa shape index (κ2) is 6.73.